The summed E-state index contributed by atoms with van der Waals surface area (Å²) in [5.74, 6) is 0. The molecule has 0 aromatic carbocycles. The number of hydrogen-bond donors (Lipinski definition) is 0. The third-order valence-corrected chi connectivity index (χ3v) is 3.27. The Morgan fingerprint density at radius 1 is 0.857 bits per heavy atom. The molecule has 0 aromatic heterocycles. The first-order chi connectivity index (χ1) is 6.83. The van der Waals surface area contributed by atoms with E-state index in [9.17, 15) is 0 Å². The number of fused-ring (bicyclic) bond motifs is 1. The van der Waals surface area contributed by atoms with E-state index in [-0.39, 0.29) is 24.8 Å². The van der Waals surface area contributed by atoms with E-state index in [0.717, 1.165) is 0 Å². The molecule has 0 bridgehead atoms. The van der Waals surface area contributed by atoms with E-state index in [2.05, 4.69) is 31.9 Å². The molecule has 4 atom stereocenters. The molecule has 0 saturated carbocycles. The van der Waals surface area contributed by atoms with Crippen LogP contribution in [0.3, 0.4) is 0 Å². The maximum atomic E-state index is 5.60. The first kappa shape index (κ1) is 11.3. The van der Waals surface area contributed by atoms with Crippen molar-refractivity contribution in [1.82, 2.24) is 0 Å². The molecule has 0 aromatic rings. The van der Waals surface area contributed by atoms with Crippen LogP contribution >= 0.6 is 31.9 Å². The van der Waals surface area contributed by atoms with Gasteiger partial charge < -0.3 is 18.9 Å². The molecule has 0 N–H and O–H groups in total. The summed E-state index contributed by atoms with van der Waals surface area (Å²) in [5.41, 5.74) is 0. The molecule has 0 unspecified atom stereocenters. The van der Waals surface area contributed by atoms with Gasteiger partial charge in [0.2, 0.25) is 0 Å². The molecule has 2 aliphatic heterocycles. The fraction of sp³-hybridized carbons (Fsp3) is 1.00. The predicted octanol–water partition coefficient (Wildman–Crippen LogP) is 1.26. The van der Waals surface area contributed by atoms with Crippen molar-refractivity contribution in [1.29, 1.82) is 0 Å². The number of hydrogen-bond acceptors (Lipinski definition) is 4. The standard InChI is InChI=1S/C8H12Br2O4/c9-1-7-11-3-6-5(13-7)4-12-8(2-10)14-6/h5-8H,1-4H2/t5-,6-,7+,8+/m1/s1. The van der Waals surface area contributed by atoms with Gasteiger partial charge in [0.05, 0.1) is 23.9 Å². The Bertz CT molecular complexity index is 172. The minimum absolute atomic E-state index is 0.00148. The van der Waals surface area contributed by atoms with E-state index in [1.165, 1.54) is 0 Å². The Hall–Kier alpha value is 0.800. The van der Waals surface area contributed by atoms with Crippen LogP contribution < -0.4 is 0 Å². The van der Waals surface area contributed by atoms with Crippen molar-refractivity contribution in [2.45, 2.75) is 24.8 Å². The highest BCUT2D eigenvalue weighted by Crippen LogP contribution is 2.23. The first-order valence-corrected chi connectivity index (χ1v) is 6.74. The quantitative estimate of drug-likeness (QED) is 0.714. The molecule has 2 fully saturated rings. The normalized spacial score (nSPS) is 43.3. The predicted molar refractivity (Wildman–Crippen MR) is 56.8 cm³/mol. The molecule has 4 nitrogen and oxygen atoms in total. The van der Waals surface area contributed by atoms with Gasteiger partial charge in [0.25, 0.3) is 0 Å². The topological polar surface area (TPSA) is 36.9 Å². The van der Waals surface area contributed by atoms with Crippen molar-refractivity contribution in [3.8, 4) is 0 Å². The maximum Gasteiger partial charge on any atom is 0.167 e. The molecule has 14 heavy (non-hydrogen) atoms. The number of alkyl halides is 2. The number of ether oxygens (including phenoxy) is 4. The summed E-state index contributed by atoms with van der Waals surface area (Å²) in [7, 11) is 0. The monoisotopic (exact) mass is 330 g/mol. The van der Waals surface area contributed by atoms with Crippen molar-refractivity contribution >= 4 is 31.9 Å². The van der Waals surface area contributed by atoms with Crippen molar-refractivity contribution in [2.75, 3.05) is 23.9 Å². The van der Waals surface area contributed by atoms with Gasteiger partial charge in [-0.1, -0.05) is 31.9 Å². The number of halogens is 2. The highest BCUT2D eigenvalue weighted by Gasteiger charge is 2.37. The van der Waals surface area contributed by atoms with Gasteiger partial charge >= 0.3 is 0 Å². The van der Waals surface area contributed by atoms with Crippen LogP contribution in [0.2, 0.25) is 0 Å². The molecule has 2 saturated heterocycles. The van der Waals surface area contributed by atoms with Gasteiger partial charge in [-0.25, -0.2) is 0 Å². The molecule has 0 aliphatic carbocycles. The summed E-state index contributed by atoms with van der Waals surface area (Å²) in [5, 5.41) is 1.36. The van der Waals surface area contributed by atoms with Gasteiger partial charge in [0.15, 0.2) is 12.6 Å². The molecule has 0 spiro atoms. The zero-order valence-corrected chi connectivity index (χ0v) is 10.7. The highest BCUT2D eigenvalue weighted by molar-refractivity contribution is 9.09. The third kappa shape index (κ3) is 2.48. The van der Waals surface area contributed by atoms with Gasteiger partial charge in [0.1, 0.15) is 12.2 Å². The van der Waals surface area contributed by atoms with Crippen LogP contribution in [0, 0.1) is 0 Å². The molecule has 2 rings (SSSR count). The lowest BCUT2D eigenvalue weighted by Gasteiger charge is -2.40. The van der Waals surface area contributed by atoms with Crippen molar-refractivity contribution in [3.05, 3.63) is 0 Å². The Labute approximate surface area is 99.5 Å². The van der Waals surface area contributed by atoms with Crippen LogP contribution in [0.4, 0.5) is 0 Å². The molecular weight excluding hydrogens is 320 g/mol. The van der Waals surface area contributed by atoms with Crippen LogP contribution in [0.15, 0.2) is 0 Å². The van der Waals surface area contributed by atoms with Gasteiger partial charge in [-0.15, -0.1) is 0 Å². The average molecular weight is 332 g/mol. The van der Waals surface area contributed by atoms with Gasteiger partial charge in [-0.05, 0) is 0 Å². The second-order valence-corrected chi connectivity index (χ2v) is 4.48. The van der Waals surface area contributed by atoms with Crippen molar-refractivity contribution < 1.29 is 18.9 Å². The van der Waals surface area contributed by atoms with E-state index in [1.807, 2.05) is 0 Å². The zero-order valence-electron chi connectivity index (χ0n) is 7.53. The van der Waals surface area contributed by atoms with E-state index in [0.29, 0.717) is 23.9 Å². The summed E-state index contributed by atoms with van der Waals surface area (Å²) in [6, 6.07) is 0. The van der Waals surface area contributed by atoms with E-state index in [4.69, 9.17) is 18.9 Å². The number of rotatable bonds is 2. The summed E-state index contributed by atoms with van der Waals surface area (Å²) in [6.07, 6.45) is -0.351. The highest BCUT2D eigenvalue weighted by atomic mass is 79.9. The van der Waals surface area contributed by atoms with Gasteiger partial charge in [-0.3, -0.25) is 0 Å². The van der Waals surface area contributed by atoms with Crippen LogP contribution in [0.1, 0.15) is 0 Å². The molecule has 2 heterocycles. The second kappa shape index (κ2) is 5.23. The van der Waals surface area contributed by atoms with Gasteiger partial charge in [0, 0.05) is 0 Å². The van der Waals surface area contributed by atoms with Crippen molar-refractivity contribution in [3.63, 3.8) is 0 Å². The third-order valence-electron chi connectivity index (χ3n) is 2.21. The second-order valence-electron chi connectivity index (χ2n) is 3.18. The van der Waals surface area contributed by atoms with Crippen LogP contribution in [0.5, 0.6) is 0 Å². The maximum absolute atomic E-state index is 5.60. The molecule has 2 aliphatic rings. The average Bonchev–Trinajstić information content (AvgIpc) is 2.27. The Kier molecular flexibility index (Phi) is 4.21. The molecule has 0 radical (unpaired) electrons. The molecule has 82 valence electrons. The smallest absolute Gasteiger partial charge is 0.167 e. The SMILES string of the molecule is BrC[C@H]1OC[C@H]2O[C@@H](CBr)OC[C@H]2O1. The minimum Gasteiger partial charge on any atom is -0.349 e. The lowest BCUT2D eigenvalue weighted by molar-refractivity contribution is -0.326. The van der Waals surface area contributed by atoms with E-state index in [1.54, 1.807) is 0 Å². The Morgan fingerprint density at radius 3 is 1.64 bits per heavy atom. The largest absolute Gasteiger partial charge is 0.349 e. The fourth-order valence-corrected chi connectivity index (χ4v) is 2.18. The van der Waals surface area contributed by atoms with E-state index >= 15 is 0 Å². The van der Waals surface area contributed by atoms with Gasteiger partial charge in [-0.2, -0.15) is 0 Å². The summed E-state index contributed by atoms with van der Waals surface area (Å²) in [6.45, 7) is 1.15. The van der Waals surface area contributed by atoms with Crippen LogP contribution in [-0.2, 0) is 18.9 Å². The minimum atomic E-state index is -0.177. The Balaban J connectivity index is 1.88. The first-order valence-electron chi connectivity index (χ1n) is 4.49. The fourth-order valence-electron chi connectivity index (χ4n) is 1.50. The summed E-state index contributed by atoms with van der Waals surface area (Å²) in [4.78, 5) is 0. The van der Waals surface area contributed by atoms with E-state index < -0.39 is 0 Å². The molecule has 6 heteroatoms. The molecule has 0 amide bonds. The summed E-state index contributed by atoms with van der Waals surface area (Å²) < 4.78 is 22.0. The van der Waals surface area contributed by atoms with Crippen LogP contribution in [-0.4, -0.2) is 48.7 Å². The van der Waals surface area contributed by atoms with Crippen molar-refractivity contribution in [2.24, 2.45) is 0 Å². The summed E-state index contributed by atoms with van der Waals surface area (Å²) >= 11 is 6.63. The van der Waals surface area contributed by atoms with Crippen LogP contribution in [0.25, 0.3) is 0 Å². The Morgan fingerprint density at radius 2 is 1.29 bits per heavy atom. The molecular formula is C8H12Br2O4. The lowest BCUT2D eigenvalue weighted by atomic mass is 10.2. The lowest BCUT2D eigenvalue weighted by Crippen LogP contribution is -2.53. The zero-order chi connectivity index (χ0) is 9.97.